The molecule has 1 aromatic carbocycles. The fourth-order valence-corrected chi connectivity index (χ4v) is 2.33. The van der Waals surface area contributed by atoms with Crippen LogP contribution in [0.25, 0.3) is 16.8 Å². The maximum absolute atomic E-state index is 5.98. The molecule has 0 saturated heterocycles. The molecule has 0 spiro atoms. The Morgan fingerprint density at radius 1 is 1.28 bits per heavy atom. The number of hydrogen-bond acceptors (Lipinski definition) is 2. The fraction of sp³-hybridized carbons (Fsp3) is 0.143. The van der Waals surface area contributed by atoms with Gasteiger partial charge in [0.15, 0.2) is 5.65 Å². The van der Waals surface area contributed by atoms with Gasteiger partial charge in [-0.2, -0.15) is 5.10 Å². The largest absolute Gasteiger partial charge is 0.220 e. The average Bonchev–Trinajstić information content (AvgIpc) is 2.86. The summed E-state index contributed by atoms with van der Waals surface area (Å²) in [5.41, 5.74) is 5.36. The summed E-state index contributed by atoms with van der Waals surface area (Å²) in [6, 6.07) is 10.4. The molecule has 0 atom stereocenters. The van der Waals surface area contributed by atoms with E-state index in [-0.39, 0.29) is 0 Å². The summed E-state index contributed by atoms with van der Waals surface area (Å²) in [5, 5.41) is 4.19. The third-order valence-corrected chi connectivity index (χ3v) is 3.34. The second kappa shape index (κ2) is 4.42. The van der Waals surface area contributed by atoms with Crippen LogP contribution in [0.1, 0.15) is 11.1 Å². The Bertz CT molecular complexity index is 703. The number of hydrogen-bond donors (Lipinski definition) is 0. The summed E-state index contributed by atoms with van der Waals surface area (Å²) in [5.74, 6) is 0.432. The van der Waals surface area contributed by atoms with Gasteiger partial charge < -0.3 is 0 Å². The first-order chi connectivity index (χ1) is 8.79. The Labute approximate surface area is 110 Å². The van der Waals surface area contributed by atoms with Crippen LogP contribution < -0.4 is 0 Å². The molecule has 3 nitrogen and oxygen atoms in total. The van der Waals surface area contributed by atoms with Crippen molar-refractivity contribution in [2.75, 3.05) is 0 Å². The lowest BCUT2D eigenvalue weighted by Gasteiger charge is -2.08. The van der Waals surface area contributed by atoms with Gasteiger partial charge in [0.25, 0.3) is 0 Å². The highest BCUT2D eigenvalue weighted by molar-refractivity contribution is 6.17. The molecule has 0 unspecified atom stereocenters. The molecule has 3 rings (SSSR count). The first-order valence-corrected chi connectivity index (χ1v) is 6.27. The number of fused-ring (bicyclic) bond motifs is 1. The molecule has 0 amide bonds. The molecule has 90 valence electrons. The minimum absolute atomic E-state index is 0.432. The van der Waals surface area contributed by atoms with Crippen LogP contribution in [0.15, 0.2) is 42.9 Å². The van der Waals surface area contributed by atoms with Crippen LogP contribution in [0.2, 0.25) is 0 Å². The SMILES string of the molecule is Cc1ccccc1-c1cc(CCl)c2ncnn2c1. The second-order valence-corrected chi connectivity index (χ2v) is 4.50. The van der Waals surface area contributed by atoms with Crippen molar-refractivity contribution in [2.45, 2.75) is 12.8 Å². The monoisotopic (exact) mass is 257 g/mol. The van der Waals surface area contributed by atoms with Crippen LogP contribution in [-0.2, 0) is 5.88 Å². The van der Waals surface area contributed by atoms with Crippen LogP contribution in [0.4, 0.5) is 0 Å². The van der Waals surface area contributed by atoms with Gasteiger partial charge in [0, 0.05) is 17.3 Å². The summed E-state index contributed by atoms with van der Waals surface area (Å²) >= 11 is 5.98. The van der Waals surface area contributed by atoms with Gasteiger partial charge in [-0.3, -0.25) is 0 Å². The van der Waals surface area contributed by atoms with Gasteiger partial charge >= 0.3 is 0 Å². The van der Waals surface area contributed by atoms with Gasteiger partial charge in [0.05, 0.1) is 5.88 Å². The van der Waals surface area contributed by atoms with E-state index in [9.17, 15) is 0 Å². The van der Waals surface area contributed by atoms with Crippen LogP contribution in [0.5, 0.6) is 0 Å². The maximum Gasteiger partial charge on any atom is 0.159 e. The van der Waals surface area contributed by atoms with Crippen molar-refractivity contribution in [3.63, 3.8) is 0 Å². The van der Waals surface area contributed by atoms with E-state index in [0.717, 1.165) is 16.8 Å². The van der Waals surface area contributed by atoms with Crippen LogP contribution in [0, 0.1) is 6.92 Å². The fourth-order valence-electron chi connectivity index (χ4n) is 2.14. The number of benzene rings is 1. The normalized spacial score (nSPS) is 11.0. The van der Waals surface area contributed by atoms with E-state index in [4.69, 9.17) is 11.6 Å². The van der Waals surface area contributed by atoms with Gasteiger partial charge in [0.2, 0.25) is 0 Å². The first kappa shape index (κ1) is 11.2. The summed E-state index contributed by atoms with van der Waals surface area (Å²) in [4.78, 5) is 4.21. The number of halogens is 1. The molecule has 2 heterocycles. The summed E-state index contributed by atoms with van der Waals surface area (Å²) in [6.07, 6.45) is 3.54. The zero-order chi connectivity index (χ0) is 12.5. The van der Waals surface area contributed by atoms with Crippen molar-refractivity contribution in [1.82, 2.24) is 14.6 Å². The lowest BCUT2D eigenvalue weighted by Crippen LogP contribution is -1.95. The van der Waals surface area contributed by atoms with Gasteiger partial charge in [-0.05, 0) is 24.1 Å². The Morgan fingerprint density at radius 2 is 2.11 bits per heavy atom. The van der Waals surface area contributed by atoms with Crippen LogP contribution >= 0.6 is 11.6 Å². The zero-order valence-electron chi connectivity index (χ0n) is 9.97. The number of pyridine rings is 1. The van der Waals surface area contributed by atoms with Crippen LogP contribution in [-0.4, -0.2) is 14.6 Å². The first-order valence-electron chi connectivity index (χ1n) is 5.74. The molecule has 0 radical (unpaired) electrons. The van der Waals surface area contributed by atoms with Crippen LogP contribution in [0.3, 0.4) is 0 Å². The van der Waals surface area contributed by atoms with Crippen molar-refractivity contribution >= 4 is 17.2 Å². The van der Waals surface area contributed by atoms with Gasteiger partial charge in [-0.1, -0.05) is 24.3 Å². The highest BCUT2D eigenvalue weighted by Gasteiger charge is 2.08. The number of nitrogens with zero attached hydrogens (tertiary/aromatic N) is 3. The van der Waals surface area contributed by atoms with E-state index >= 15 is 0 Å². The smallest absolute Gasteiger partial charge is 0.159 e. The van der Waals surface area contributed by atoms with Crippen molar-refractivity contribution in [1.29, 1.82) is 0 Å². The van der Waals surface area contributed by atoms with E-state index in [1.807, 2.05) is 18.3 Å². The third kappa shape index (κ3) is 1.77. The Morgan fingerprint density at radius 3 is 2.89 bits per heavy atom. The number of alkyl halides is 1. The average molecular weight is 258 g/mol. The summed E-state index contributed by atoms with van der Waals surface area (Å²) < 4.78 is 1.78. The number of rotatable bonds is 2. The topological polar surface area (TPSA) is 30.2 Å². The van der Waals surface area contributed by atoms with E-state index in [1.165, 1.54) is 11.1 Å². The molecule has 3 aromatic rings. The Balaban J connectivity index is 2.27. The number of aromatic nitrogens is 3. The summed E-state index contributed by atoms with van der Waals surface area (Å²) in [7, 11) is 0. The Kier molecular flexibility index (Phi) is 2.76. The molecule has 4 heteroatoms. The van der Waals surface area contributed by atoms with Crippen molar-refractivity contribution in [2.24, 2.45) is 0 Å². The van der Waals surface area contributed by atoms with E-state index in [2.05, 4.69) is 35.2 Å². The zero-order valence-corrected chi connectivity index (χ0v) is 10.7. The molecule has 0 aliphatic heterocycles. The quantitative estimate of drug-likeness (QED) is 0.659. The van der Waals surface area contributed by atoms with Gasteiger partial charge in [0.1, 0.15) is 6.33 Å². The number of aryl methyl sites for hydroxylation is 1. The molecular formula is C14H12ClN3. The van der Waals surface area contributed by atoms with E-state index in [0.29, 0.717) is 5.88 Å². The Hall–Kier alpha value is -1.87. The minimum atomic E-state index is 0.432. The molecule has 0 N–H and O–H groups in total. The van der Waals surface area contributed by atoms with Gasteiger partial charge in [-0.15, -0.1) is 11.6 Å². The lowest BCUT2D eigenvalue weighted by atomic mass is 10.0. The maximum atomic E-state index is 5.98. The summed E-state index contributed by atoms with van der Waals surface area (Å²) in [6.45, 7) is 2.10. The van der Waals surface area contributed by atoms with E-state index < -0.39 is 0 Å². The van der Waals surface area contributed by atoms with E-state index in [1.54, 1.807) is 10.8 Å². The molecular weight excluding hydrogens is 246 g/mol. The predicted molar refractivity (Wildman–Crippen MR) is 72.7 cm³/mol. The molecule has 0 fully saturated rings. The molecule has 0 saturated carbocycles. The lowest BCUT2D eigenvalue weighted by molar-refractivity contribution is 0.956. The molecule has 0 bridgehead atoms. The highest BCUT2D eigenvalue weighted by Crippen LogP contribution is 2.25. The van der Waals surface area contributed by atoms with Gasteiger partial charge in [-0.25, -0.2) is 9.50 Å². The standard InChI is InChI=1S/C14H12ClN3/c1-10-4-2-3-5-13(10)12-6-11(7-15)14-16-9-17-18(14)8-12/h2-6,8-9H,7H2,1H3. The molecule has 2 aromatic heterocycles. The second-order valence-electron chi connectivity index (χ2n) is 4.23. The third-order valence-electron chi connectivity index (χ3n) is 3.05. The van der Waals surface area contributed by atoms with Crippen molar-refractivity contribution in [3.8, 4) is 11.1 Å². The molecule has 0 aliphatic rings. The molecule has 18 heavy (non-hydrogen) atoms. The minimum Gasteiger partial charge on any atom is -0.220 e. The van der Waals surface area contributed by atoms with Crippen molar-refractivity contribution in [3.05, 3.63) is 54.0 Å². The predicted octanol–water partition coefficient (Wildman–Crippen LogP) is 3.44. The van der Waals surface area contributed by atoms with Crippen molar-refractivity contribution < 1.29 is 0 Å². The molecule has 0 aliphatic carbocycles. The highest BCUT2D eigenvalue weighted by atomic mass is 35.5.